The van der Waals surface area contributed by atoms with Gasteiger partial charge in [-0.25, -0.2) is 4.39 Å². The summed E-state index contributed by atoms with van der Waals surface area (Å²) in [5, 5.41) is 5.49. The highest BCUT2D eigenvalue weighted by Gasteiger charge is 2.11. The average Bonchev–Trinajstić information content (AvgIpc) is 2.66. The Labute approximate surface area is 169 Å². The molecule has 2 N–H and O–H groups in total. The lowest BCUT2D eigenvalue weighted by atomic mass is 10.1. The molecule has 0 atom stereocenters. The van der Waals surface area contributed by atoms with Gasteiger partial charge in [-0.1, -0.05) is 12.1 Å². The minimum atomic E-state index is -0.372. The molecule has 0 aliphatic heterocycles. The lowest BCUT2D eigenvalue weighted by Gasteiger charge is -2.09. The Hall–Kier alpha value is -2.74. The van der Waals surface area contributed by atoms with Gasteiger partial charge in [0.15, 0.2) is 0 Å². The van der Waals surface area contributed by atoms with Crippen LogP contribution >= 0.6 is 22.6 Å². The number of benzene rings is 3. The summed E-state index contributed by atoms with van der Waals surface area (Å²) in [4.78, 5) is 24.8. The van der Waals surface area contributed by atoms with Crippen molar-refractivity contribution in [2.75, 3.05) is 10.6 Å². The summed E-state index contributed by atoms with van der Waals surface area (Å²) < 4.78 is 14.0. The zero-order chi connectivity index (χ0) is 19.4. The average molecular weight is 474 g/mol. The van der Waals surface area contributed by atoms with Crippen LogP contribution in [0.3, 0.4) is 0 Å². The van der Waals surface area contributed by atoms with Crippen molar-refractivity contribution in [3.8, 4) is 0 Å². The van der Waals surface area contributed by atoms with Gasteiger partial charge in [-0.2, -0.15) is 0 Å². The number of rotatable bonds is 4. The van der Waals surface area contributed by atoms with Gasteiger partial charge >= 0.3 is 0 Å². The lowest BCUT2D eigenvalue weighted by molar-refractivity contribution is 0.101. The van der Waals surface area contributed by atoms with E-state index in [-0.39, 0.29) is 17.6 Å². The molecule has 0 aliphatic carbocycles. The molecule has 0 fully saturated rings. The third kappa shape index (κ3) is 4.91. The van der Waals surface area contributed by atoms with E-state index in [4.69, 9.17) is 0 Å². The van der Waals surface area contributed by atoms with E-state index in [1.807, 2.05) is 19.1 Å². The quantitative estimate of drug-likeness (QED) is 0.508. The smallest absolute Gasteiger partial charge is 0.255 e. The maximum absolute atomic E-state index is 13.0. The van der Waals surface area contributed by atoms with Crippen LogP contribution in [0.4, 0.5) is 15.8 Å². The fraction of sp³-hybridized carbons (Fsp3) is 0.0476. The maximum atomic E-state index is 13.0. The zero-order valence-corrected chi connectivity index (χ0v) is 16.6. The van der Waals surface area contributed by atoms with Crippen LogP contribution in [0.2, 0.25) is 0 Å². The second kappa shape index (κ2) is 8.30. The molecular formula is C21H16FIN2O2. The number of nitrogens with one attached hydrogen (secondary N) is 2. The van der Waals surface area contributed by atoms with Gasteiger partial charge in [0.05, 0.1) is 0 Å². The van der Waals surface area contributed by atoms with E-state index in [9.17, 15) is 14.0 Å². The highest BCUT2D eigenvalue weighted by Crippen LogP contribution is 2.17. The normalized spacial score (nSPS) is 10.3. The van der Waals surface area contributed by atoms with E-state index in [0.717, 1.165) is 9.13 Å². The Morgan fingerprint density at radius 3 is 2.11 bits per heavy atom. The van der Waals surface area contributed by atoms with Gasteiger partial charge in [0.1, 0.15) is 5.82 Å². The first-order valence-corrected chi connectivity index (χ1v) is 9.25. The summed E-state index contributed by atoms with van der Waals surface area (Å²) >= 11 is 2.18. The van der Waals surface area contributed by atoms with Crippen molar-refractivity contribution in [3.63, 3.8) is 0 Å². The molecule has 4 nitrogen and oxygen atoms in total. The minimum absolute atomic E-state index is 0.246. The van der Waals surface area contributed by atoms with Crippen LogP contribution in [-0.2, 0) is 0 Å². The Kier molecular flexibility index (Phi) is 5.85. The predicted molar refractivity (Wildman–Crippen MR) is 113 cm³/mol. The SMILES string of the molecule is Cc1ccc(C(=O)Nc2cccc(C(=O)Nc3ccc(F)cc3)c2)cc1I. The summed E-state index contributed by atoms with van der Waals surface area (Å²) in [6.07, 6.45) is 0. The number of aryl methyl sites for hydroxylation is 1. The molecule has 136 valence electrons. The van der Waals surface area contributed by atoms with Crippen molar-refractivity contribution >= 4 is 45.8 Å². The van der Waals surface area contributed by atoms with Gasteiger partial charge in [0, 0.05) is 26.1 Å². The predicted octanol–water partition coefficient (Wildman–Crippen LogP) is 5.24. The monoisotopic (exact) mass is 474 g/mol. The summed E-state index contributed by atoms with van der Waals surface area (Å²) in [6, 6.07) is 17.6. The summed E-state index contributed by atoms with van der Waals surface area (Å²) in [7, 11) is 0. The topological polar surface area (TPSA) is 58.2 Å². The number of amides is 2. The van der Waals surface area contributed by atoms with Crippen molar-refractivity contribution in [2.24, 2.45) is 0 Å². The fourth-order valence-electron chi connectivity index (χ4n) is 2.41. The number of carbonyl (C=O) groups is 2. The van der Waals surface area contributed by atoms with Crippen LogP contribution in [-0.4, -0.2) is 11.8 Å². The van der Waals surface area contributed by atoms with Crippen LogP contribution < -0.4 is 10.6 Å². The largest absolute Gasteiger partial charge is 0.322 e. The summed E-state index contributed by atoms with van der Waals surface area (Å²) in [6.45, 7) is 1.98. The first-order chi connectivity index (χ1) is 12.9. The highest BCUT2D eigenvalue weighted by molar-refractivity contribution is 14.1. The Morgan fingerprint density at radius 2 is 1.44 bits per heavy atom. The second-order valence-corrected chi connectivity index (χ2v) is 7.12. The molecule has 0 bridgehead atoms. The van der Waals surface area contributed by atoms with E-state index in [2.05, 4.69) is 33.2 Å². The molecule has 0 saturated carbocycles. The molecule has 27 heavy (non-hydrogen) atoms. The summed E-state index contributed by atoms with van der Waals surface area (Å²) in [5.41, 5.74) is 3.04. The first kappa shape index (κ1) is 19.0. The fourth-order valence-corrected chi connectivity index (χ4v) is 2.93. The first-order valence-electron chi connectivity index (χ1n) is 8.17. The van der Waals surface area contributed by atoms with E-state index >= 15 is 0 Å². The van der Waals surface area contributed by atoms with Crippen molar-refractivity contribution in [3.05, 3.63) is 92.8 Å². The third-order valence-electron chi connectivity index (χ3n) is 3.92. The van der Waals surface area contributed by atoms with Crippen LogP contribution in [0.1, 0.15) is 26.3 Å². The minimum Gasteiger partial charge on any atom is -0.322 e. The molecule has 3 rings (SSSR count). The molecule has 0 aliphatic rings. The van der Waals surface area contributed by atoms with E-state index < -0.39 is 0 Å². The van der Waals surface area contributed by atoms with Gasteiger partial charge in [0.2, 0.25) is 0 Å². The lowest BCUT2D eigenvalue weighted by Crippen LogP contribution is -2.15. The molecule has 2 amide bonds. The van der Waals surface area contributed by atoms with Crippen molar-refractivity contribution < 1.29 is 14.0 Å². The molecule has 0 saturated heterocycles. The van der Waals surface area contributed by atoms with Crippen LogP contribution in [0.15, 0.2) is 66.7 Å². The Morgan fingerprint density at radius 1 is 0.815 bits per heavy atom. The molecule has 0 radical (unpaired) electrons. The van der Waals surface area contributed by atoms with E-state index in [1.54, 1.807) is 30.3 Å². The van der Waals surface area contributed by atoms with Gasteiger partial charge in [-0.15, -0.1) is 0 Å². The van der Waals surface area contributed by atoms with Crippen molar-refractivity contribution in [2.45, 2.75) is 6.92 Å². The zero-order valence-electron chi connectivity index (χ0n) is 14.4. The Balaban J connectivity index is 1.72. The van der Waals surface area contributed by atoms with Gasteiger partial charge < -0.3 is 10.6 Å². The number of halogens is 2. The number of hydrogen-bond donors (Lipinski definition) is 2. The van der Waals surface area contributed by atoms with E-state index in [1.165, 1.54) is 24.3 Å². The maximum Gasteiger partial charge on any atom is 0.255 e. The van der Waals surface area contributed by atoms with Gasteiger partial charge in [-0.3, -0.25) is 9.59 Å². The highest BCUT2D eigenvalue weighted by atomic mass is 127. The standard InChI is InChI=1S/C21H16FIN2O2/c1-13-5-6-15(12-19(13)23)21(27)25-18-4-2-3-14(11-18)20(26)24-17-9-7-16(22)8-10-17/h2-12H,1H3,(H,24,26)(H,25,27). The molecule has 0 aromatic heterocycles. The van der Waals surface area contributed by atoms with Crippen LogP contribution in [0.5, 0.6) is 0 Å². The van der Waals surface area contributed by atoms with Crippen molar-refractivity contribution in [1.82, 2.24) is 0 Å². The van der Waals surface area contributed by atoms with Gasteiger partial charge in [0.25, 0.3) is 11.8 Å². The summed E-state index contributed by atoms with van der Waals surface area (Å²) in [5.74, 6) is -0.963. The van der Waals surface area contributed by atoms with Crippen LogP contribution in [0, 0.1) is 16.3 Å². The molecule has 0 heterocycles. The van der Waals surface area contributed by atoms with E-state index in [0.29, 0.717) is 22.5 Å². The number of anilines is 2. The molecule has 0 unspecified atom stereocenters. The van der Waals surface area contributed by atoms with Crippen LogP contribution in [0.25, 0.3) is 0 Å². The Bertz CT molecular complexity index is 1000. The van der Waals surface area contributed by atoms with Gasteiger partial charge in [-0.05, 0) is 89.7 Å². The number of hydrogen-bond acceptors (Lipinski definition) is 2. The molecule has 0 spiro atoms. The second-order valence-electron chi connectivity index (χ2n) is 5.96. The molecule has 3 aromatic rings. The third-order valence-corrected chi connectivity index (χ3v) is 5.08. The number of carbonyl (C=O) groups excluding carboxylic acids is 2. The molecule has 3 aromatic carbocycles. The molecular weight excluding hydrogens is 458 g/mol. The van der Waals surface area contributed by atoms with Crippen molar-refractivity contribution in [1.29, 1.82) is 0 Å². The molecule has 6 heteroatoms.